The van der Waals surface area contributed by atoms with Crippen molar-refractivity contribution in [2.75, 3.05) is 24.0 Å². The number of sulfonamides is 1. The third-order valence-electron chi connectivity index (χ3n) is 4.95. The molecular weight excluding hydrogens is 376 g/mol. The van der Waals surface area contributed by atoms with Gasteiger partial charge in [-0.3, -0.25) is 9.10 Å². The van der Waals surface area contributed by atoms with Crippen molar-refractivity contribution < 1.29 is 17.9 Å². The third-order valence-corrected chi connectivity index (χ3v) is 6.74. The van der Waals surface area contributed by atoms with Crippen molar-refractivity contribution in [3.05, 3.63) is 59.7 Å². The molecule has 1 heterocycles. The second-order valence-electron chi connectivity index (χ2n) is 7.03. The zero-order chi connectivity index (χ0) is 20.1. The van der Waals surface area contributed by atoms with Crippen LogP contribution in [-0.2, 0) is 19.6 Å². The van der Waals surface area contributed by atoms with Crippen molar-refractivity contribution in [1.29, 1.82) is 0 Å². The van der Waals surface area contributed by atoms with E-state index in [1.807, 2.05) is 19.9 Å². The molecule has 0 aromatic heterocycles. The third kappa shape index (κ3) is 4.72. The van der Waals surface area contributed by atoms with Crippen LogP contribution in [0.5, 0.6) is 0 Å². The molecule has 1 aliphatic heterocycles. The molecule has 0 bridgehead atoms. The van der Waals surface area contributed by atoms with Gasteiger partial charge in [-0.25, -0.2) is 8.42 Å². The quantitative estimate of drug-likeness (QED) is 0.773. The second kappa shape index (κ2) is 8.75. The maximum absolute atomic E-state index is 13.2. The lowest BCUT2D eigenvalue weighted by Gasteiger charge is -2.25. The van der Waals surface area contributed by atoms with E-state index in [1.165, 1.54) is 16.4 Å². The van der Waals surface area contributed by atoms with Gasteiger partial charge in [0.1, 0.15) is 6.54 Å². The van der Waals surface area contributed by atoms with Gasteiger partial charge in [-0.1, -0.05) is 24.3 Å². The first-order valence-electron chi connectivity index (χ1n) is 9.41. The molecule has 6 nitrogen and oxygen atoms in total. The number of rotatable bonds is 7. The summed E-state index contributed by atoms with van der Waals surface area (Å²) in [5, 5.41) is 2.80. The monoisotopic (exact) mass is 402 g/mol. The Bertz CT molecular complexity index is 923. The Morgan fingerprint density at radius 3 is 2.54 bits per heavy atom. The molecule has 0 aliphatic carbocycles. The minimum atomic E-state index is -3.87. The SMILES string of the molecule is Cc1ccc(N(CC(=O)NCC2CCCO2)S(=O)(=O)c2ccccc2)cc1C. The molecular formula is C21H26N2O4S. The Kier molecular flexibility index (Phi) is 6.36. The van der Waals surface area contributed by atoms with Crippen LogP contribution >= 0.6 is 0 Å². The van der Waals surface area contributed by atoms with Crippen molar-refractivity contribution >= 4 is 21.6 Å². The maximum Gasteiger partial charge on any atom is 0.264 e. The van der Waals surface area contributed by atoms with Gasteiger partial charge in [-0.15, -0.1) is 0 Å². The summed E-state index contributed by atoms with van der Waals surface area (Å²) in [5.41, 5.74) is 2.49. The molecule has 28 heavy (non-hydrogen) atoms. The van der Waals surface area contributed by atoms with Crippen LogP contribution in [-0.4, -0.2) is 40.1 Å². The molecule has 2 aromatic rings. The van der Waals surface area contributed by atoms with E-state index in [0.29, 0.717) is 18.8 Å². The van der Waals surface area contributed by atoms with E-state index in [1.54, 1.807) is 30.3 Å². The van der Waals surface area contributed by atoms with Crippen molar-refractivity contribution in [2.45, 2.75) is 37.7 Å². The van der Waals surface area contributed by atoms with E-state index in [9.17, 15) is 13.2 Å². The molecule has 3 rings (SSSR count). The van der Waals surface area contributed by atoms with E-state index in [0.717, 1.165) is 24.0 Å². The Labute approximate surface area is 166 Å². The average Bonchev–Trinajstić information content (AvgIpc) is 3.21. The van der Waals surface area contributed by atoms with E-state index in [2.05, 4.69) is 5.32 Å². The first kappa shape index (κ1) is 20.4. The summed E-state index contributed by atoms with van der Waals surface area (Å²) in [6.07, 6.45) is 1.89. The van der Waals surface area contributed by atoms with Gasteiger partial charge in [-0.2, -0.15) is 0 Å². The van der Waals surface area contributed by atoms with Gasteiger partial charge in [0.05, 0.1) is 16.7 Å². The lowest BCUT2D eigenvalue weighted by atomic mass is 10.1. The number of amides is 1. The Hall–Kier alpha value is -2.38. The number of ether oxygens (including phenoxy) is 1. The molecule has 1 unspecified atom stereocenters. The highest BCUT2D eigenvalue weighted by molar-refractivity contribution is 7.92. The fourth-order valence-corrected chi connectivity index (χ4v) is 4.57. The molecule has 2 aromatic carbocycles. The number of aryl methyl sites for hydroxylation is 2. The van der Waals surface area contributed by atoms with Crippen LogP contribution in [0.15, 0.2) is 53.4 Å². The summed E-state index contributed by atoms with van der Waals surface area (Å²) in [6, 6.07) is 13.6. The summed E-state index contributed by atoms with van der Waals surface area (Å²) in [4.78, 5) is 12.7. The molecule has 1 aliphatic rings. The number of benzene rings is 2. The summed E-state index contributed by atoms with van der Waals surface area (Å²) in [5.74, 6) is -0.353. The molecule has 0 saturated carbocycles. The minimum Gasteiger partial charge on any atom is -0.376 e. The lowest BCUT2D eigenvalue weighted by Crippen LogP contribution is -2.42. The van der Waals surface area contributed by atoms with Gasteiger partial charge in [-0.05, 0) is 62.1 Å². The van der Waals surface area contributed by atoms with Gasteiger partial charge in [0, 0.05) is 13.2 Å². The van der Waals surface area contributed by atoms with Gasteiger partial charge in [0.15, 0.2) is 0 Å². The molecule has 1 N–H and O–H groups in total. The summed E-state index contributed by atoms with van der Waals surface area (Å²) in [6.45, 7) is 4.70. The summed E-state index contributed by atoms with van der Waals surface area (Å²) < 4.78 is 33.2. The number of nitrogens with one attached hydrogen (secondary N) is 1. The number of nitrogens with zero attached hydrogens (tertiary/aromatic N) is 1. The van der Waals surface area contributed by atoms with Crippen LogP contribution in [0.4, 0.5) is 5.69 Å². The van der Waals surface area contributed by atoms with Gasteiger partial charge < -0.3 is 10.1 Å². The number of anilines is 1. The second-order valence-corrected chi connectivity index (χ2v) is 8.89. The normalized spacial score (nSPS) is 16.7. The van der Waals surface area contributed by atoms with Crippen LogP contribution in [0.25, 0.3) is 0 Å². The van der Waals surface area contributed by atoms with Crippen molar-refractivity contribution in [2.24, 2.45) is 0 Å². The molecule has 1 amide bonds. The smallest absolute Gasteiger partial charge is 0.264 e. The first-order valence-corrected chi connectivity index (χ1v) is 10.9. The number of hydrogen-bond donors (Lipinski definition) is 1. The molecule has 0 spiro atoms. The molecule has 0 radical (unpaired) electrons. The Morgan fingerprint density at radius 1 is 1.14 bits per heavy atom. The minimum absolute atomic E-state index is 0.00440. The molecule has 1 atom stereocenters. The Balaban J connectivity index is 1.85. The van der Waals surface area contributed by atoms with Gasteiger partial charge >= 0.3 is 0 Å². The number of hydrogen-bond acceptors (Lipinski definition) is 4. The van der Waals surface area contributed by atoms with Crippen molar-refractivity contribution in [3.63, 3.8) is 0 Å². The van der Waals surface area contributed by atoms with Crippen molar-refractivity contribution in [1.82, 2.24) is 5.32 Å². The first-order chi connectivity index (χ1) is 13.4. The molecule has 1 fully saturated rings. The lowest BCUT2D eigenvalue weighted by molar-refractivity contribution is -0.120. The number of carbonyl (C=O) groups excluding carboxylic acids is 1. The van der Waals surface area contributed by atoms with E-state index < -0.39 is 10.0 Å². The molecule has 7 heteroatoms. The summed E-state index contributed by atoms with van der Waals surface area (Å²) >= 11 is 0. The van der Waals surface area contributed by atoms with Crippen LogP contribution in [0.2, 0.25) is 0 Å². The fraction of sp³-hybridized carbons (Fsp3) is 0.381. The van der Waals surface area contributed by atoms with Gasteiger partial charge in [0.25, 0.3) is 10.0 Å². The highest BCUT2D eigenvalue weighted by atomic mass is 32.2. The maximum atomic E-state index is 13.2. The molecule has 1 saturated heterocycles. The van der Waals surface area contributed by atoms with Crippen LogP contribution in [0.1, 0.15) is 24.0 Å². The molecule has 150 valence electrons. The fourth-order valence-electron chi connectivity index (χ4n) is 3.13. The predicted octanol–water partition coefficient (Wildman–Crippen LogP) is 2.79. The van der Waals surface area contributed by atoms with Crippen LogP contribution in [0, 0.1) is 13.8 Å². The average molecular weight is 403 g/mol. The summed E-state index contributed by atoms with van der Waals surface area (Å²) in [7, 11) is -3.87. The van der Waals surface area contributed by atoms with Gasteiger partial charge in [0.2, 0.25) is 5.91 Å². The number of carbonyl (C=O) groups is 1. The van der Waals surface area contributed by atoms with E-state index in [-0.39, 0.29) is 23.5 Å². The topological polar surface area (TPSA) is 75.7 Å². The highest BCUT2D eigenvalue weighted by Crippen LogP contribution is 2.25. The van der Waals surface area contributed by atoms with E-state index >= 15 is 0 Å². The van der Waals surface area contributed by atoms with Crippen LogP contribution < -0.4 is 9.62 Å². The zero-order valence-electron chi connectivity index (χ0n) is 16.2. The largest absolute Gasteiger partial charge is 0.376 e. The Morgan fingerprint density at radius 2 is 1.89 bits per heavy atom. The predicted molar refractivity (Wildman–Crippen MR) is 109 cm³/mol. The van der Waals surface area contributed by atoms with E-state index in [4.69, 9.17) is 4.74 Å². The van der Waals surface area contributed by atoms with Crippen molar-refractivity contribution in [3.8, 4) is 0 Å². The standard InChI is InChI=1S/C21H26N2O4S/c1-16-10-11-18(13-17(16)2)23(28(25,26)20-8-4-3-5-9-20)15-21(24)22-14-19-7-6-12-27-19/h3-5,8-11,13,19H,6-7,12,14-15H2,1-2H3,(H,22,24). The zero-order valence-corrected chi connectivity index (χ0v) is 17.0. The van der Waals surface area contributed by atoms with Crippen LogP contribution in [0.3, 0.4) is 0 Å². The highest BCUT2D eigenvalue weighted by Gasteiger charge is 2.27.